The van der Waals surface area contributed by atoms with Gasteiger partial charge in [-0.3, -0.25) is 0 Å². The van der Waals surface area contributed by atoms with Crippen LogP contribution < -0.4 is 10.1 Å². The van der Waals surface area contributed by atoms with Crippen LogP contribution in [0.25, 0.3) is 0 Å². The van der Waals surface area contributed by atoms with Crippen LogP contribution in [0.1, 0.15) is 42.8 Å². The van der Waals surface area contributed by atoms with Crippen LogP contribution in [0.2, 0.25) is 0 Å². The number of hydrogen-bond acceptors (Lipinski definition) is 5. The molecule has 1 atom stereocenters. The molecule has 2 aromatic rings. The maximum absolute atomic E-state index is 12.0. The topological polar surface area (TPSA) is 78.8 Å². The van der Waals surface area contributed by atoms with Crippen molar-refractivity contribution in [3.63, 3.8) is 0 Å². The van der Waals surface area contributed by atoms with Gasteiger partial charge in [0.2, 0.25) is 0 Å². The minimum absolute atomic E-state index is 0.0589. The smallest absolute Gasteiger partial charge is 0.343 e. The van der Waals surface area contributed by atoms with Crippen molar-refractivity contribution in [3.05, 3.63) is 59.7 Å². The quantitative estimate of drug-likeness (QED) is 0.580. The molecule has 0 saturated heterocycles. The lowest BCUT2D eigenvalue weighted by molar-refractivity contribution is 0.0729. The highest BCUT2D eigenvalue weighted by atomic mass is 16.5. The number of carbonyl (C=O) groups is 1. The van der Waals surface area contributed by atoms with Crippen LogP contribution in [-0.2, 0) is 0 Å². The minimum Gasteiger partial charge on any atom is -0.504 e. The standard InChI is InChI=1S/C19H23NO4/c1-19(2,3)20-12-16(22)14-9-10-17(15(21)11-14)24-18(23)13-7-5-4-6-8-13/h4-11,16,20-22H,12H2,1-3H3. The number of phenols is 1. The predicted octanol–water partition coefficient (Wildman–Crippen LogP) is 3.03. The largest absolute Gasteiger partial charge is 0.504 e. The molecule has 1 unspecified atom stereocenters. The van der Waals surface area contributed by atoms with Crippen molar-refractivity contribution in [3.8, 4) is 11.5 Å². The summed E-state index contributed by atoms with van der Waals surface area (Å²) in [6.07, 6.45) is -0.769. The van der Waals surface area contributed by atoms with E-state index in [1.807, 2.05) is 20.8 Å². The Hall–Kier alpha value is -2.37. The zero-order chi connectivity index (χ0) is 17.7. The van der Waals surface area contributed by atoms with Crippen molar-refractivity contribution in [1.29, 1.82) is 0 Å². The molecule has 0 fully saturated rings. The van der Waals surface area contributed by atoms with Crippen molar-refractivity contribution in [2.24, 2.45) is 0 Å². The normalized spacial score (nSPS) is 12.7. The Morgan fingerprint density at radius 1 is 1.17 bits per heavy atom. The summed E-state index contributed by atoms with van der Waals surface area (Å²) in [6, 6.07) is 13.1. The summed E-state index contributed by atoms with van der Waals surface area (Å²) in [5.74, 6) is -0.677. The van der Waals surface area contributed by atoms with Gasteiger partial charge in [-0.15, -0.1) is 0 Å². The molecule has 0 aliphatic rings. The second kappa shape index (κ2) is 7.47. The van der Waals surface area contributed by atoms with Crippen molar-refractivity contribution in [2.45, 2.75) is 32.4 Å². The number of nitrogens with one attached hydrogen (secondary N) is 1. The summed E-state index contributed by atoms with van der Waals surface area (Å²) in [4.78, 5) is 12.0. The third kappa shape index (κ3) is 5.08. The SMILES string of the molecule is CC(C)(C)NCC(O)c1ccc(OC(=O)c2ccccc2)c(O)c1. The van der Waals surface area contributed by atoms with Crippen LogP contribution in [0.5, 0.6) is 11.5 Å². The van der Waals surface area contributed by atoms with E-state index in [9.17, 15) is 15.0 Å². The van der Waals surface area contributed by atoms with E-state index in [1.165, 1.54) is 12.1 Å². The maximum atomic E-state index is 12.0. The third-order valence-corrected chi connectivity index (χ3v) is 3.41. The molecular formula is C19H23NO4. The molecule has 5 nitrogen and oxygen atoms in total. The Morgan fingerprint density at radius 2 is 1.83 bits per heavy atom. The molecule has 0 aromatic heterocycles. The first-order valence-corrected chi connectivity index (χ1v) is 7.79. The number of hydrogen-bond donors (Lipinski definition) is 3. The fourth-order valence-electron chi connectivity index (χ4n) is 2.08. The lowest BCUT2D eigenvalue weighted by Gasteiger charge is -2.23. The Morgan fingerprint density at radius 3 is 2.42 bits per heavy atom. The van der Waals surface area contributed by atoms with Crippen molar-refractivity contribution in [2.75, 3.05) is 6.54 Å². The van der Waals surface area contributed by atoms with Gasteiger partial charge in [-0.2, -0.15) is 0 Å². The number of aliphatic hydroxyl groups excluding tert-OH is 1. The van der Waals surface area contributed by atoms with Crippen LogP contribution >= 0.6 is 0 Å². The van der Waals surface area contributed by atoms with Crippen molar-refractivity contribution >= 4 is 5.97 Å². The van der Waals surface area contributed by atoms with Gasteiger partial charge in [0, 0.05) is 12.1 Å². The third-order valence-electron chi connectivity index (χ3n) is 3.41. The monoisotopic (exact) mass is 329 g/mol. The van der Waals surface area contributed by atoms with E-state index in [0.717, 1.165) is 0 Å². The molecule has 2 aromatic carbocycles. The number of rotatable bonds is 5. The molecule has 0 amide bonds. The zero-order valence-electron chi connectivity index (χ0n) is 14.1. The maximum Gasteiger partial charge on any atom is 0.343 e. The zero-order valence-corrected chi connectivity index (χ0v) is 14.1. The van der Waals surface area contributed by atoms with Gasteiger partial charge in [0.15, 0.2) is 11.5 Å². The van der Waals surface area contributed by atoms with E-state index < -0.39 is 12.1 Å². The number of ether oxygens (including phenoxy) is 1. The van der Waals surface area contributed by atoms with Crippen LogP contribution in [0.4, 0.5) is 0 Å². The molecule has 0 saturated carbocycles. The average molecular weight is 329 g/mol. The number of aliphatic hydroxyl groups is 1. The summed E-state index contributed by atoms with van der Waals surface area (Å²) in [5.41, 5.74) is 0.827. The lowest BCUT2D eigenvalue weighted by Crippen LogP contribution is -2.38. The number of esters is 1. The highest BCUT2D eigenvalue weighted by molar-refractivity contribution is 5.91. The van der Waals surface area contributed by atoms with E-state index in [2.05, 4.69) is 5.32 Å². The minimum atomic E-state index is -0.769. The van der Waals surface area contributed by atoms with Crippen molar-refractivity contribution in [1.82, 2.24) is 5.32 Å². The Labute approximate surface area is 141 Å². The summed E-state index contributed by atoms with van der Waals surface area (Å²) in [6.45, 7) is 6.36. The predicted molar refractivity (Wildman–Crippen MR) is 92.2 cm³/mol. The first-order chi connectivity index (χ1) is 11.3. The molecule has 0 spiro atoms. The summed E-state index contributed by atoms with van der Waals surface area (Å²) < 4.78 is 5.19. The van der Waals surface area contributed by atoms with Gasteiger partial charge in [0.1, 0.15) is 0 Å². The van der Waals surface area contributed by atoms with Crippen LogP contribution in [-0.4, -0.2) is 28.3 Å². The van der Waals surface area contributed by atoms with Gasteiger partial charge in [-0.25, -0.2) is 4.79 Å². The van der Waals surface area contributed by atoms with E-state index in [4.69, 9.17) is 4.74 Å². The second-order valence-corrected chi connectivity index (χ2v) is 6.63. The molecule has 5 heteroatoms. The summed E-state index contributed by atoms with van der Waals surface area (Å²) in [7, 11) is 0. The Balaban J connectivity index is 2.05. The fraction of sp³-hybridized carbons (Fsp3) is 0.316. The van der Waals surface area contributed by atoms with E-state index in [0.29, 0.717) is 17.7 Å². The number of carbonyl (C=O) groups excluding carboxylic acids is 1. The molecule has 0 aliphatic heterocycles. The molecule has 0 heterocycles. The van der Waals surface area contributed by atoms with E-state index in [-0.39, 0.29) is 17.0 Å². The molecule has 0 radical (unpaired) electrons. The lowest BCUT2D eigenvalue weighted by atomic mass is 10.1. The summed E-state index contributed by atoms with van der Waals surface area (Å²) in [5, 5.41) is 23.4. The van der Waals surface area contributed by atoms with Gasteiger partial charge in [0.25, 0.3) is 0 Å². The first-order valence-electron chi connectivity index (χ1n) is 7.79. The molecule has 128 valence electrons. The van der Waals surface area contributed by atoms with Crippen LogP contribution in [0.3, 0.4) is 0 Å². The highest BCUT2D eigenvalue weighted by Crippen LogP contribution is 2.30. The highest BCUT2D eigenvalue weighted by Gasteiger charge is 2.16. The molecule has 2 rings (SSSR count). The van der Waals surface area contributed by atoms with Crippen molar-refractivity contribution < 1.29 is 19.7 Å². The summed E-state index contributed by atoms with van der Waals surface area (Å²) >= 11 is 0. The van der Waals surface area contributed by atoms with Gasteiger partial charge in [-0.1, -0.05) is 24.3 Å². The molecular weight excluding hydrogens is 306 g/mol. The van der Waals surface area contributed by atoms with Gasteiger partial charge in [-0.05, 0) is 50.6 Å². The number of benzene rings is 2. The van der Waals surface area contributed by atoms with Crippen LogP contribution in [0, 0.1) is 0 Å². The van der Waals surface area contributed by atoms with Gasteiger partial charge in [0.05, 0.1) is 11.7 Å². The van der Waals surface area contributed by atoms with E-state index in [1.54, 1.807) is 36.4 Å². The number of aromatic hydroxyl groups is 1. The average Bonchev–Trinajstić information content (AvgIpc) is 2.54. The first kappa shape index (κ1) is 18.0. The molecule has 0 aliphatic carbocycles. The fourth-order valence-corrected chi connectivity index (χ4v) is 2.08. The van der Waals surface area contributed by atoms with Crippen LogP contribution in [0.15, 0.2) is 48.5 Å². The van der Waals surface area contributed by atoms with E-state index >= 15 is 0 Å². The molecule has 0 bridgehead atoms. The van der Waals surface area contributed by atoms with Gasteiger partial charge >= 0.3 is 5.97 Å². The Bertz CT molecular complexity index is 692. The molecule has 3 N–H and O–H groups in total. The number of phenolic OH excluding ortho intramolecular Hbond substituents is 1. The second-order valence-electron chi connectivity index (χ2n) is 6.63. The number of β-amino-alcohol motifs (C(OH)–C–C–N with tert-alkyl or cyclic N) is 1. The Kier molecular flexibility index (Phi) is 5.59. The molecule has 24 heavy (non-hydrogen) atoms. The van der Waals surface area contributed by atoms with Gasteiger partial charge < -0.3 is 20.3 Å².